The topological polar surface area (TPSA) is 103 Å². The Morgan fingerprint density at radius 3 is 2.31 bits per heavy atom. The summed E-state index contributed by atoms with van der Waals surface area (Å²) >= 11 is 0. The van der Waals surface area contributed by atoms with Crippen molar-refractivity contribution >= 4 is 11.8 Å². The normalized spacial score (nSPS) is 11.8. The predicted octanol–water partition coefficient (Wildman–Crippen LogP) is 1.84. The van der Waals surface area contributed by atoms with Crippen LogP contribution in [-0.2, 0) is 4.79 Å². The average Bonchev–Trinajstić information content (AvgIpc) is 3.02. The number of benzene rings is 2. The predicted molar refractivity (Wildman–Crippen MR) is 96.7 cm³/mol. The first-order valence-corrected chi connectivity index (χ1v) is 8.12. The van der Waals surface area contributed by atoms with Gasteiger partial charge in [-0.05, 0) is 31.5 Å². The number of hydrogen-bond donors (Lipinski definition) is 2. The van der Waals surface area contributed by atoms with E-state index in [1.807, 2.05) is 37.3 Å². The van der Waals surface area contributed by atoms with Gasteiger partial charge in [0, 0.05) is 0 Å². The van der Waals surface area contributed by atoms with Gasteiger partial charge in [0.15, 0.2) is 5.69 Å². The van der Waals surface area contributed by atoms with Crippen LogP contribution in [0.2, 0.25) is 0 Å². The molecule has 0 aliphatic heterocycles. The molecule has 1 atom stereocenters. The third-order valence-electron chi connectivity index (χ3n) is 4.08. The molecule has 1 unspecified atom stereocenters. The van der Waals surface area contributed by atoms with Crippen LogP contribution in [0.15, 0.2) is 54.6 Å². The molecule has 3 N–H and O–H groups in total. The van der Waals surface area contributed by atoms with Crippen LogP contribution in [0.25, 0.3) is 5.69 Å². The van der Waals surface area contributed by atoms with Gasteiger partial charge in [-0.15, -0.1) is 5.10 Å². The molecule has 0 aliphatic carbocycles. The number of nitrogens with two attached hydrogens (primary N) is 1. The highest BCUT2D eigenvalue weighted by Gasteiger charge is 2.24. The van der Waals surface area contributed by atoms with Gasteiger partial charge in [0.1, 0.15) is 6.04 Å². The van der Waals surface area contributed by atoms with E-state index in [1.54, 1.807) is 35.9 Å². The molecule has 0 spiro atoms. The van der Waals surface area contributed by atoms with Crippen molar-refractivity contribution in [3.05, 3.63) is 77.1 Å². The molecule has 0 radical (unpaired) electrons. The van der Waals surface area contributed by atoms with Gasteiger partial charge in [0.2, 0.25) is 5.91 Å². The molecule has 1 aromatic heterocycles. The average molecular weight is 349 g/mol. The summed E-state index contributed by atoms with van der Waals surface area (Å²) in [4.78, 5) is 24.4. The molecule has 7 nitrogen and oxygen atoms in total. The first kappa shape index (κ1) is 17.3. The van der Waals surface area contributed by atoms with Crippen molar-refractivity contribution in [1.29, 1.82) is 0 Å². The first-order valence-electron chi connectivity index (χ1n) is 8.12. The Morgan fingerprint density at radius 2 is 1.69 bits per heavy atom. The van der Waals surface area contributed by atoms with Gasteiger partial charge in [-0.25, -0.2) is 4.68 Å². The van der Waals surface area contributed by atoms with Crippen LogP contribution in [0.1, 0.15) is 33.4 Å². The molecular formula is C19H19N5O2. The zero-order valence-electron chi connectivity index (χ0n) is 14.5. The molecule has 7 heteroatoms. The second-order valence-corrected chi connectivity index (χ2v) is 5.99. The second kappa shape index (κ2) is 7.18. The third kappa shape index (κ3) is 3.46. The van der Waals surface area contributed by atoms with E-state index in [1.165, 1.54) is 0 Å². The monoisotopic (exact) mass is 349 g/mol. The van der Waals surface area contributed by atoms with Gasteiger partial charge in [-0.3, -0.25) is 9.59 Å². The highest BCUT2D eigenvalue weighted by Crippen LogP contribution is 2.16. The Morgan fingerprint density at radius 1 is 1.04 bits per heavy atom. The smallest absolute Gasteiger partial charge is 0.274 e. The molecule has 132 valence electrons. The highest BCUT2D eigenvalue weighted by atomic mass is 16.2. The van der Waals surface area contributed by atoms with E-state index in [-0.39, 0.29) is 5.69 Å². The fourth-order valence-corrected chi connectivity index (χ4v) is 2.63. The van der Waals surface area contributed by atoms with E-state index in [0.29, 0.717) is 11.3 Å². The summed E-state index contributed by atoms with van der Waals surface area (Å²) in [5, 5.41) is 10.7. The lowest BCUT2D eigenvalue weighted by atomic mass is 10.1. The minimum Gasteiger partial charge on any atom is -0.368 e. The van der Waals surface area contributed by atoms with E-state index in [9.17, 15) is 9.59 Å². The fraction of sp³-hybridized carbons (Fsp3) is 0.158. The number of carbonyl (C=O) groups is 2. The van der Waals surface area contributed by atoms with Crippen LogP contribution < -0.4 is 11.1 Å². The zero-order valence-corrected chi connectivity index (χ0v) is 14.5. The molecule has 2 aromatic carbocycles. The maximum atomic E-state index is 12.6. The Labute approximate surface area is 150 Å². The quantitative estimate of drug-likeness (QED) is 0.733. The van der Waals surface area contributed by atoms with Crippen LogP contribution in [-0.4, -0.2) is 26.8 Å². The Hall–Kier alpha value is -3.48. The van der Waals surface area contributed by atoms with Gasteiger partial charge < -0.3 is 11.1 Å². The van der Waals surface area contributed by atoms with Crippen molar-refractivity contribution in [2.24, 2.45) is 5.73 Å². The van der Waals surface area contributed by atoms with Crippen molar-refractivity contribution in [1.82, 2.24) is 20.3 Å². The van der Waals surface area contributed by atoms with Crippen LogP contribution in [0.5, 0.6) is 0 Å². The Bertz CT molecular complexity index is 932. The molecule has 3 aromatic rings. The third-order valence-corrected chi connectivity index (χ3v) is 4.08. The zero-order chi connectivity index (χ0) is 18.7. The van der Waals surface area contributed by atoms with Crippen molar-refractivity contribution in [3.63, 3.8) is 0 Å². The lowest BCUT2D eigenvalue weighted by Gasteiger charge is -2.15. The van der Waals surface area contributed by atoms with E-state index in [4.69, 9.17) is 5.73 Å². The van der Waals surface area contributed by atoms with Gasteiger partial charge in [0.05, 0.1) is 11.4 Å². The minimum absolute atomic E-state index is 0.146. The lowest BCUT2D eigenvalue weighted by Crippen LogP contribution is -2.37. The van der Waals surface area contributed by atoms with E-state index >= 15 is 0 Å². The van der Waals surface area contributed by atoms with Gasteiger partial charge in [0.25, 0.3) is 5.91 Å². The first-order chi connectivity index (χ1) is 12.5. The van der Waals surface area contributed by atoms with Crippen molar-refractivity contribution in [2.45, 2.75) is 19.9 Å². The number of aryl methyl sites for hydroxylation is 1. The number of rotatable bonds is 5. The molecule has 0 saturated heterocycles. The molecule has 0 fully saturated rings. The summed E-state index contributed by atoms with van der Waals surface area (Å²) in [5.41, 5.74) is 8.70. The number of hydrogen-bond acceptors (Lipinski definition) is 4. The van der Waals surface area contributed by atoms with E-state index in [0.717, 1.165) is 11.3 Å². The van der Waals surface area contributed by atoms with E-state index in [2.05, 4.69) is 15.6 Å². The lowest BCUT2D eigenvalue weighted by molar-refractivity contribution is -0.120. The summed E-state index contributed by atoms with van der Waals surface area (Å²) in [7, 11) is 0. The number of carbonyl (C=O) groups excluding carboxylic acids is 2. The summed E-state index contributed by atoms with van der Waals surface area (Å²) in [6.45, 7) is 3.74. The molecule has 3 rings (SSSR count). The van der Waals surface area contributed by atoms with Crippen LogP contribution in [0, 0.1) is 13.8 Å². The molecule has 0 bridgehead atoms. The van der Waals surface area contributed by atoms with Crippen LogP contribution >= 0.6 is 0 Å². The molecule has 0 aliphatic rings. The minimum atomic E-state index is -0.937. The Kier molecular flexibility index (Phi) is 4.79. The summed E-state index contributed by atoms with van der Waals surface area (Å²) < 4.78 is 1.58. The number of amides is 2. The number of nitrogens with zero attached hydrogens (tertiary/aromatic N) is 3. The standard InChI is InChI=1S/C19H19N5O2/c1-12-8-10-15(11-9-12)24-13(2)16(22-23-24)19(26)21-17(18(20)25)14-6-4-3-5-7-14/h3-11,17H,1-2H3,(H2,20,25)(H,21,26). The molecule has 0 saturated carbocycles. The molecule has 26 heavy (non-hydrogen) atoms. The van der Waals surface area contributed by atoms with Crippen molar-refractivity contribution < 1.29 is 9.59 Å². The fourth-order valence-electron chi connectivity index (χ4n) is 2.63. The molecule has 2 amide bonds. The van der Waals surface area contributed by atoms with Crippen LogP contribution in [0.4, 0.5) is 0 Å². The maximum Gasteiger partial charge on any atom is 0.274 e. The summed E-state index contributed by atoms with van der Waals surface area (Å²) in [5.74, 6) is -1.15. The summed E-state index contributed by atoms with van der Waals surface area (Å²) in [6, 6.07) is 15.6. The Balaban J connectivity index is 1.86. The van der Waals surface area contributed by atoms with E-state index < -0.39 is 17.9 Å². The van der Waals surface area contributed by atoms with Crippen LogP contribution in [0.3, 0.4) is 0 Å². The molecular weight excluding hydrogens is 330 g/mol. The van der Waals surface area contributed by atoms with Gasteiger partial charge >= 0.3 is 0 Å². The summed E-state index contributed by atoms with van der Waals surface area (Å²) in [6.07, 6.45) is 0. The number of primary amides is 1. The van der Waals surface area contributed by atoms with Gasteiger partial charge in [-0.1, -0.05) is 53.2 Å². The number of aromatic nitrogens is 3. The van der Waals surface area contributed by atoms with Crippen molar-refractivity contribution in [2.75, 3.05) is 0 Å². The van der Waals surface area contributed by atoms with Gasteiger partial charge in [-0.2, -0.15) is 0 Å². The number of nitrogens with one attached hydrogen (secondary N) is 1. The maximum absolute atomic E-state index is 12.6. The SMILES string of the molecule is Cc1ccc(-n2nnc(C(=O)NC(C(N)=O)c3ccccc3)c2C)cc1. The van der Waals surface area contributed by atoms with Crippen molar-refractivity contribution in [3.8, 4) is 5.69 Å². The highest BCUT2D eigenvalue weighted by molar-refractivity contribution is 5.96. The largest absolute Gasteiger partial charge is 0.368 e. The molecule has 1 heterocycles. The second-order valence-electron chi connectivity index (χ2n) is 5.99.